The smallest absolute Gasteiger partial charge is 0.308 e. The van der Waals surface area contributed by atoms with Crippen LogP contribution in [0.3, 0.4) is 0 Å². The van der Waals surface area contributed by atoms with Crippen molar-refractivity contribution in [1.29, 1.82) is 0 Å². The van der Waals surface area contributed by atoms with E-state index in [9.17, 15) is 9.59 Å². The van der Waals surface area contributed by atoms with Gasteiger partial charge in [-0.05, 0) is 36.6 Å². The molecule has 18 heavy (non-hydrogen) atoms. The molecule has 0 aliphatic carbocycles. The number of benzene rings is 1. The van der Waals surface area contributed by atoms with Crippen molar-refractivity contribution in [3.8, 4) is 0 Å². The number of aryl methyl sites for hydroxylation is 2. The van der Waals surface area contributed by atoms with E-state index in [2.05, 4.69) is 6.92 Å². The first-order chi connectivity index (χ1) is 8.52. The molecule has 1 atom stereocenters. The minimum Gasteiger partial charge on any atom is -0.481 e. The summed E-state index contributed by atoms with van der Waals surface area (Å²) >= 11 is 0. The van der Waals surface area contributed by atoms with Crippen LogP contribution in [0.4, 0.5) is 5.69 Å². The summed E-state index contributed by atoms with van der Waals surface area (Å²) in [5.74, 6) is -1.58. The van der Waals surface area contributed by atoms with Gasteiger partial charge in [-0.25, -0.2) is 0 Å². The van der Waals surface area contributed by atoms with Crippen LogP contribution < -0.4 is 4.90 Å². The van der Waals surface area contributed by atoms with E-state index in [0.717, 1.165) is 12.1 Å². The van der Waals surface area contributed by atoms with Crippen LogP contribution in [0.2, 0.25) is 0 Å². The molecule has 0 spiro atoms. The van der Waals surface area contributed by atoms with Crippen molar-refractivity contribution < 1.29 is 14.7 Å². The Kier molecular flexibility index (Phi) is 3.36. The van der Waals surface area contributed by atoms with E-state index in [1.165, 1.54) is 11.1 Å². The Bertz CT molecular complexity index is 496. The zero-order chi connectivity index (χ0) is 13.3. The normalized spacial score (nSPS) is 19.3. The second-order valence-corrected chi connectivity index (χ2v) is 4.71. The molecule has 1 aromatic carbocycles. The third kappa shape index (κ3) is 2.23. The topological polar surface area (TPSA) is 57.6 Å². The van der Waals surface area contributed by atoms with Gasteiger partial charge < -0.3 is 10.0 Å². The first kappa shape index (κ1) is 12.6. The zero-order valence-electron chi connectivity index (χ0n) is 10.6. The number of carboxylic acid groups (broad SMARTS) is 1. The van der Waals surface area contributed by atoms with E-state index >= 15 is 0 Å². The molecule has 0 radical (unpaired) electrons. The number of amides is 1. The molecule has 1 aliphatic heterocycles. The van der Waals surface area contributed by atoms with Gasteiger partial charge in [0.15, 0.2) is 0 Å². The van der Waals surface area contributed by atoms with E-state index < -0.39 is 11.9 Å². The zero-order valence-corrected chi connectivity index (χ0v) is 10.6. The van der Waals surface area contributed by atoms with Crippen molar-refractivity contribution in [3.05, 3.63) is 29.3 Å². The summed E-state index contributed by atoms with van der Waals surface area (Å²) in [6.07, 6.45) is 1.01. The molecule has 1 saturated heterocycles. The van der Waals surface area contributed by atoms with Gasteiger partial charge in [-0.1, -0.05) is 13.0 Å². The van der Waals surface area contributed by atoms with Gasteiger partial charge in [0.2, 0.25) is 5.91 Å². The Morgan fingerprint density at radius 1 is 1.50 bits per heavy atom. The molecule has 1 N–H and O–H groups in total. The van der Waals surface area contributed by atoms with Gasteiger partial charge in [-0.15, -0.1) is 0 Å². The number of aliphatic carboxylic acids is 1. The molecule has 1 fully saturated rings. The van der Waals surface area contributed by atoms with Crippen molar-refractivity contribution in [3.63, 3.8) is 0 Å². The minimum absolute atomic E-state index is 0.102. The lowest BCUT2D eigenvalue weighted by molar-refractivity contribution is -0.141. The lowest BCUT2D eigenvalue weighted by Gasteiger charge is -2.18. The lowest BCUT2D eigenvalue weighted by atomic mass is 10.1. The Morgan fingerprint density at radius 3 is 2.78 bits per heavy atom. The number of carboxylic acids is 1. The molecule has 1 aliphatic rings. The maximum absolute atomic E-state index is 11.8. The van der Waals surface area contributed by atoms with Gasteiger partial charge in [-0.3, -0.25) is 9.59 Å². The number of nitrogens with zero attached hydrogens (tertiary/aromatic N) is 1. The molecule has 1 aromatic rings. The third-order valence-electron chi connectivity index (χ3n) is 3.50. The number of hydrogen-bond donors (Lipinski definition) is 1. The molecular formula is C14H17NO3. The highest BCUT2D eigenvalue weighted by Crippen LogP contribution is 2.27. The van der Waals surface area contributed by atoms with Gasteiger partial charge in [0.25, 0.3) is 0 Å². The van der Waals surface area contributed by atoms with Crippen LogP contribution in [0.1, 0.15) is 24.5 Å². The van der Waals surface area contributed by atoms with Crippen LogP contribution in [0.5, 0.6) is 0 Å². The molecule has 0 saturated carbocycles. The summed E-state index contributed by atoms with van der Waals surface area (Å²) in [7, 11) is 0. The fraction of sp³-hybridized carbons (Fsp3) is 0.429. The highest BCUT2D eigenvalue weighted by Gasteiger charge is 2.35. The Hall–Kier alpha value is -1.84. The van der Waals surface area contributed by atoms with Gasteiger partial charge in [-0.2, -0.15) is 0 Å². The van der Waals surface area contributed by atoms with Crippen molar-refractivity contribution in [2.45, 2.75) is 26.7 Å². The second kappa shape index (κ2) is 4.80. The second-order valence-electron chi connectivity index (χ2n) is 4.71. The Balaban J connectivity index is 2.27. The molecule has 96 valence electrons. The van der Waals surface area contributed by atoms with Crippen molar-refractivity contribution in [1.82, 2.24) is 0 Å². The van der Waals surface area contributed by atoms with Crippen molar-refractivity contribution in [2.24, 2.45) is 5.92 Å². The monoisotopic (exact) mass is 247 g/mol. The van der Waals surface area contributed by atoms with Crippen LogP contribution in [-0.2, 0) is 16.0 Å². The van der Waals surface area contributed by atoms with Crippen molar-refractivity contribution in [2.75, 3.05) is 11.4 Å². The number of rotatable bonds is 3. The summed E-state index contributed by atoms with van der Waals surface area (Å²) in [5.41, 5.74) is 3.20. The van der Waals surface area contributed by atoms with Crippen molar-refractivity contribution >= 4 is 17.6 Å². The van der Waals surface area contributed by atoms with E-state index in [-0.39, 0.29) is 18.9 Å². The largest absolute Gasteiger partial charge is 0.481 e. The molecule has 1 unspecified atom stereocenters. The third-order valence-corrected chi connectivity index (χ3v) is 3.50. The van der Waals surface area contributed by atoms with Gasteiger partial charge in [0.1, 0.15) is 0 Å². The number of carbonyl (C=O) groups is 2. The standard InChI is InChI=1S/C14H17NO3/c1-3-10-6-12(5-4-9(10)2)15-8-11(14(17)18)7-13(15)16/h4-6,11H,3,7-8H2,1-2H3,(H,17,18). The summed E-state index contributed by atoms with van der Waals surface area (Å²) < 4.78 is 0. The predicted molar refractivity (Wildman–Crippen MR) is 68.7 cm³/mol. The summed E-state index contributed by atoms with van der Waals surface area (Å²) in [5, 5.41) is 8.96. The quantitative estimate of drug-likeness (QED) is 0.888. The van der Waals surface area contributed by atoms with E-state index in [4.69, 9.17) is 5.11 Å². The Morgan fingerprint density at radius 2 is 2.22 bits per heavy atom. The average Bonchev–Trinajstić information content (AvgIpc) is 2.72. The number of anilines is 1. The van der Waals surface area contributed by atoms with E-state index in [0.29, 0.717) is 0 Å². The van der Waals surface area contributed by atoms with Crippen LogP contribution in [0, 0.1) is 12.8 Å². The fourth-order valence-corrected chi connectivity index (χ4v) is 2.33. The van der Waals surface area contributed by atoms with Crippen LogP contribution >= 0.6 is 0 Å². The molecule has 0 aromatic heterocycles. The number of carbonyl (C=O) groups excluding carboxylic acids is 1. The maximum atomic E-state index is 11.8. The van der Waals surface area contributed by atoms with E-state index in [1.807, 2.05) is 25.1 Å². The Labute approximate surface area is 106 Å². The van der Waals surface area contributed by atoms with E-state index in [1.54, 1.807) is 4.90 Å². The van der Waals surface area contributed by atoms with Crippen LogP contribution in [0.15, 0.2) is 18.2 Å². The average molecular weight is 247 g/mol. The first-order valence-electron chi connectivity index (χ1n) is 6.15. The fourth-order valence-electron chi connectivity index (χ4n) is 2.33. The molecule has 4 heteroatoms. The minimum atomic E-state index is -0.895. The summed E-state index contributed by atoms with van der Waals surface area (Å²) in [4.78, 5) is 24.3. The summed E-state index contributed by atoms with van der Waals surface area (Å²) in [6.45, 7) is 4.38. The molecule has 0 bridgehead atoms. The van der Waals surface area contributed by atoms with Crippen LogP contribution in [0.25, 0.3) is 0 Å². The molecular weight excluding hydrogens is 230 g/mol. The van der Waals surface area contributed by atoms with Gasteiger partial charge in [0, 0.05) is 18.7 Å². The molecule has 1 heterocycles. The molecule has 1 amide bonds. The lowest BCUT2D eigenvalue weighted by Crippen LogP contribution is -2.25. The summed E-state index contributed by atoms with van der Waals surface area (Å²) in [6, 6.07) is 5.85. The highest BCUT2D eigenvalue weighted by atomic mass is 16.4. The maximum Gasteiger partial charge on any atom is 0.308 e. The molecule has 4 nitrogen and oxygen atoms in total. The van der Waals surface area contributed by atoms with Gasteiger partial charge >= 0.3 is 5.97 Å². The number of hydrogen-bond acceptors (Lipinski definition) is 2. The highest BCUT2D eigenvalue weighted by molar-refractivity contribution is 5.99. The SMILES string of the molecule is CCc1cc(N2CC(C(=O)O)CC2=O)ccc1C. The van der Waals surface area contributed by atoms with Gasteiger partial charge in [0.05, 0.1) is 5.92 Å². The van der Waals surface area contributed by atoms with Crippen LogP contribution in [-0.4, -0.2) is 23.5 Å². The molecule has 2 rings (SSSR count). The first-order valence-corrected chi connectivity index (χ1v) is 6.15. The predicted octanol–water partition coefficient (Wildman–Crippen LogP) is 1.99.